The molecule has 7 nitrogen and oxygen atoms in total. The van der Waals surface area contributed by atoms with Gasteiger partial charge in [0.25, 0.3) is 0 Å². The third-order valence-electron chi connectivity index (χ3n) is 4.53. The summed E-state index contributed by atoms with van der Waals surface area (Å²) in [5, 5.41) is 12.1. The number of thiophene rings is 1. The van der Waals surface area contributed by atoms with Gasteiger partial charge in [0.2, 0.25) is 0 Å². The lowest BCUT2D eigenvalue weighted by Gasteiger charge is -2.17. The number of carbonyl (C=O) groups excluding carboxylic acids is 1. The second-order valence-electron chi connectivity index (χ2n) is 7.68. The van der Waals surface area contributed by atoms with Crippen LogP contribution in [-0.4, -0.2) is 31.1 Å². The van der Waals surface area contributed by atoms with Crippen LogP contribution in [0.3, 0.4) is 0 Å². The predicted octanol–water partition coefficient (Wildman–Crippen LogP) is 3.45. The molecule has 0 saturated heterocycles. The summed E-state index contributed by atoms with van der Waals surface area (Å²) >= 11 is 1.64. The highest BCUT2D eigenvalue weighted by molar-refractivity contribution is 7.13. The van der Waals surface area contributed by atoms with Gasteiger partial charge in [-0.15, -0.1) is 11.3 Å². The van der Waals surface area contributed by atoms with Crippen LogP contribution in [0.2, 0.25) is 0 Å². The number of fused-ring (bicyclic) bond motifs is 1. The Labute approximate surface area is 161 Å². The van der Waals surface area contributed by atoms with Gasteiger partial charge in [0.05, 0.1) is 35.6 Å². The predicted molar refractivity (Wildman–Crippen MR) is 104 cm³/mol. The Kier molecular flexibility index (Phi) is 4.43. The lowest BCUT2D eigenvalue weighted by atomic mass is 9.95. The van der Waals surface area contributed by atoms with Crippen molar-refractivity contribution < 1.29 is 4.79 Å². The first kappa shape index (κ1) is 17.7. The average Bonchev–Trinajstić information content (AvgIpc) is 3.37. The van der Waals surface area contributed by atoms with Crippen molar-refractivity contribution in [2.45, 2.75) is 45.8 Å². The molecule has 0 aromatic carbocycles. The molecule has 8 heteroatoms. The van der Waals surface area contributed by atoms with Crippen LogP contribution >= 0.6 is 11.3 Å². The van der Waals surface area contributed by atoms with Crippen molar-refractivity contribution in [3.8, 4) is 10.6 Å². The Bertz CT molecular complexity index is 957. The van der Waals surface area contributed by atoms with Gasteiger partial charge < -0.3 is 10.2 Å². The number of urea groups is 1. The maximum absolute atomic E-state index is 12.6. The molecule has 3 aromatic heterocycles. The topological polar surface area (TPSA) is 86.8 Å². The Morgan fingerprint density at radius 1 is 1.33 bits per heavy atom. The number of nitrogens with zero attached hydrogens (tertiary/aromatic N) is 4. The van der Waals surface area contributed by atoms with Crippen LogP contribution in [0.15, 0.2) is 29.9 Å². The summed E-state index contributed by atoms with van der Waals surface area (Å²) in [5.74, 6) is 0.808. The van der Waals surface area contributed by atoms with Crippen molar-refractivity contribution in [1.82, 2.24) is 30.4 Å². The van der Waals surface area contributed by atoms with E-state index in [2.05, 4.69) is 46.3 Å². The number of hydrogen-bond acceptors (Lipinski definition) is 5. The van der Waals surface area contributed by atoms with Crippen LogP contribution in [-0.2, 0) is 25.0 Å². The second kappa shape index (κ2) is 6.77. The monoisotopic (exact) mass is 382 g/mol. The Morgan fingerprint density at radius 2 is 2.19 bits per heavy atom. The van der Waals surface area contributed by atoms with E-state index in [1.165, 1.54) is 0 Å². The van der Waals surface area contributed by atoms with Gasteiger partial charge in [-0.05, 0) is 11.4 Å². The van der Waals surface area contributed by atoms with E-state index in [1.807, 2.05) is 23.7 Å². The standard InChI is InChI=1S/C19H22N6OS/c1-19(2,3)17-20-8-13-10-25(11-14(13)23-17)18(26)21-7-12-9-22-24-16(12)15-5-4-6-27-15/h4-6,8-9H,7,10-11H2,1-3H3,(H,21,26)(H,22,24). The molecule has 4 rings (SSSR count). The molecule has 2 amide bonds. The van der Waals surface area contributed by atoms with Gasteiger partial charge in [0.1, 0.15) is 5.82 Å². The van der Waals surface area contributed by atoms with E-state index in [0.29, 0.717) is 19.6 Å². The summed E-state index contributed by atoms with van der Waals surface area (Å²) in [7, 11) is 0. The molecule has 0 fully saturated rings. The fourth-order valence-electron chi connectivity index (χ4n) is 3.02. The average molecular weight is 382 g/mol. The summed E-state index contributed by atoms with van der Waals surface area (Å²) in [6.07, 6.45) is 3.61. The van der Waals surface area contributed by atoms with Crippen LogP contribution in [0.5, 0.6) is 0 Å². The van der Waals surface area contributed by atoms with Gasteiger partial charge in [-0.2, -0.15) is 5.10 Å². The molecule has 0 saturated carbocycles. The van der Waals surface area contributed by atoms with Crippen molar-refractivity contribution in [3.05, 3.63) is 52.6 Å². The number of aromatic amines is 1. The van der Waals surface area contributed by atoms with Crippen molar-refractivity contribution >= 4 is 17.4 Å². The van der Waals surface area contributed by atoms with Gasteiger partial charge >= 0.3 is 6.03 Å². The molecule has 3 aromatic rings. The lowest BCUT2D eigenvalue weighted by Crippen LogP contribution is -2.36. The van der Waals surface area contributed by atoms with Crippen LogP contribution in [0.25, 0.3) is 10.6 Å². The summed E-state index contributed by atoms with van der Waals surface area (Å²) in [5.41, 5.74) is 3.77. The fourth-order valence-corrected chi connectivity index (χ4v) is 3.78. The number of aromatic nitrogens is 4. The van der Waals surface area contributed by atoms with Gasteiger partial charge in [-0.3, -0.25) is 5.10 Å². The summed E-state index contributed by atoms with van der Waals surface area (Å²) in [4.78, 5) is 24.6. The normalized spacial score (nSPS) is 13.7. The van der Waals surface area contributed by atoms with Crippen LogP contribution < -0.4 is 5.32 Å². The number of hydrogen-bond donors (Lipinski definition) is 2. The molecule has 0 spiro atoms. The third-order valence-corrected chi connectivity index (χ3v) is 5.42. The molecule has 0 bridgehead atoms. The first-order chi connectivity index (χ1) is 12.9. The van der Waals surface area contributed by atoms with Crippen LogP contribution in [0, 0.1) is 0 Å². The molecular weight excluding hydrogens is 360 g/mol. The second-order valence-corrected chi connectivity index (χ2v) is 8.63. The SMILES string of the molecule is CC(C)(C)c1ncc2c(n1)CN(C(=O)NCc1cn[nH]c1-c1cccs1)C2. The number of amides is 2. The molecule has 0 unspecified atom stereocenters. The molecule has 2 N–H and O–H groups in total. The maximum Gasteiger partial charge on any atom is 0.318 e. The number of rotatable bonds is 3. The minimum absolute atomic E-state index is 0.107. The first-order valence-corrected chi connectivity index (χ1v) is 9.74. The Balaban J connectivity index is 1.41. The first-order valence-electron chi connectivity index (χ1n) is 8.86. The molecule has 140 valence electrons. The van der Waals surface area contributed by atoms with E-state index < -0.39 is 0 Å². The highest BCUT2D eigenvalue weighted by Crippen LogP contribution is 2.27. The number of H-pyrrole nitrogens is 1. The summed E-state index contributed by atoms with van der Waals surface area (Å²) in [6, 6.07) is 3.92. The van der Waals surface area contributed by atoms with Gasteiger partial charge in [0.15, 0.2) is 0 Å². The van der Waals surface area contributed by atoms with E-state index in [1.54, 1.807) is 22.4 Å². The fraction of sp³-hybridized carbons (Fsp3) is 0.368. The van der Waals surface area contributed by atoms with Crippen LogP contribution in [0.4, 0.5) is 4.79 Å². The van der Waals surface area contributed by atoms with Gasteiger partial charge in [-0.25, -0.2) is 14.8 Å². The summed E-state index contributed by atoms with van der Waals surface area (Å²) in [6.45, 7) is 7.73. The lowest BCUT2D eigenvalue weighted by molar-refractivity contribution is 0.197. The zero-order chi connectivity index (χ0) is 19.0. The summed E-state index contributed by atoms with van der Waals surface area (Å²) < 4.78 is 0. The zero-order valence-electron chi connectivity index (χ0n) is 15.6. The molecule has 0 radical (unpaired) electrons. The van der Waals surface area contributed by atoms with E-state index in [9.17, 15) is 4.79 Å². The molecular formula is C19H22N6OS. The Morgan fingerprint density at radius 3 is 2.93 bits per heavy atom. The molecule has 4 heterocycles. The highest BCUT2D eigenvalue weighted by Gasteiger charge is 2.27. The van der Waals surface area contributed by atoms with Crippen molar-refractivity contribution in [1.29, 1.82) is 0 Å². The van der Waals surface area contributed by atoms with E-state index in [4.69, 9.17) is 0 Å². The molecule has 27 heavy (non-hydrogen) atoms. The Hall–Kier alpha value is -2.74. The van der Waals surface area contributed by atoms with E-state index in [0.717, 1.165) is 33.2 Å². The van der Waals surface area contributed by atoms with Crippen molar-refractivity contribution in [2.75, 3.05) is 0 Å². The van der Waals surface area contributed by atoms with E-state index >= 15 is 0 Å². The van der Waals surface area contributed by atoms with Crippen molar-refractivity contribution in [3.63, 3.8) is 0 Å². The largest absolute Gasteiger partial charge is 0.334 e. The number of nitrogens with one attached hydrogen (secondary N) is 2. The van der Waals surface area contributed by atoms with E-state index in [-0.39, 0.29) is 11.4 Å². The minimum Gasteiger partial charge on any atom is -0.334 e. The van der Waals surface area contributed by atoms with Gasteiger partial charge in [-0.1, -0.05) is 26.8 Å². The molecule has 1 aliphatic heterocycles. The maximum atomic E-state index is 12.6. The molecule has 0 atom stereocenters. The quantitative estimate of drug-likeness (QED) is 0.726. The molecule has 0 aliphatic carbocycles. The third kappa shape index (κ3) is 3.57. The van der Waals surface area contributed by atoms with Gasteiger partial charge in [0, 0.05) is 29.3 Å². The minimum atomic E-state index is -0.108. The van der Waals surface area contributed by atoms with Crippen LogP contribution in [0.1, 0.15) is 43.4 Å². The molecule has 1 aliphatic rings. The zero-order valence-corrected chi connectivity index (χ0v) is 16.4. The number of carbonyl (C=O) groups is 1. The highest BCUT2D eigenvalue weighted by atomic mass is 32.1. The van der Waals surface area contributed by atoms with Crippen molar-refractivity contribution in [2.24, 2.45) is 0 Å². The smallest absolute Gasteiger partial charge is 0.318 e.